The molecule has 0 aliphatic rings. The second kappa shape index (κ2) is 6.45. The average Bonchev–Trinajstić information content (AvgIpc) is 2.91. The molecule has 1 heterocycles. The van der Waals surface area contributed by atoms with Gasteiger partial charge in [0.1, 0.15) is 6.33 Å². The number of aryl methyl sites for hydroxylation is 1. The number of hydrogen-bond acceptors (Lipinski definition) is 5. The topological polar surface area (TPSA) is 98.7 Å². The van der Waals surface area contributed by atoms with E-state index in [1.54, 1.807) is 4.68 Å². The molecule has 2 rings (SSSR count). The molecule has 1 aromatic carbocycles. The zero-order valence-electron chi connectivity index (χ0n) is 12.4. The van der Waals surface area contributed by atoms with Gasteiger partial charge < -0.3 is 11.1 Å². The van der Waals surface area contributed by atoms with Crippen LogP contribution in [0.15, 0.2) is 24.5 Å². The summed E-state index contributed by atoms with van der Waals surface area (Å²) in [5.41, 5.74) is 8.41. The van der Waals surface area contributed by atoms with Gasteiger partial charge in [-0.25, -0.2) is 4.68 Å². The first-order chi connectivity index (χ1) is 9.97. The molecule has 0 unspecified atom stereocenters. The van der Waals surface area contributed by atoms with Crippen LogP contribution in [0.5, 0.6) is 0 Å². The first-order valence-electron chi connectivity index (χ1n) is 6.88. The molecule has 1 atom stereocenters. The smallest absolute Gasteiger partial charge is 0.241 e. The fourth-order valence-electron chi connectivity index (χ4n) is 2.11. The highest BCUT2D eigenvalue weighted by atomic mass is 16.2. The van der Waals surface area contributed by atoms with Crippen LogP contribution in [0.4, 0.5) is 5.69 Å². The molecule has 0 aliphatic carbocycles. The van der Waals surface area contributed by atoms with Gasteiger partial charge in [-0.05, 0) is 53.5 Å². The quantitative estimate of drug-likeness (QED) is 0.863. The summed E-state index contributed by atoms with van der Waals surface area (Å²) in [5.74, 6) is 0.216. The standard InChI is InChI=1S/C14H20N6O/c1-9(2)6-12(15)14(21)17-11-4-5-13(10(3)7-11)20-8-16-18-19-20/h4-5,7-9,12H,6,15H2,1-3H3,(H,17,21)/t12-/m0/s1. The molecule has 0 fully saturated rings. The molecule has 0 radical (unpaired) electrons. The van der Waals surface area contributed by atoms with E-state index in [1.807, 2.05) is 39.0 Å². The van der Waals surface area contributed by atoms with Crippen molar-refractivity contribution in [1.82, 2.24) is 20.2 Å². The molecule has 1 aromatic heterocycles. The third-order valence-corrected chi connectivity index (χ3v) is 3.12. The molecular formula is C14H20N6O. The lowest BCUT2D eigenvalue weighted by molar-refractivity contribution is -0.117. The molecule has 0 aliphatic heterocycles. The highest BCUT2D eigenvalue weighted by Gasteiger charge is 2.15. The predicted molar refractivity (Wildman–Crippen MR) is 80.0 cm³/mol. The van der Waals surface area contributed by atoms with Crippen molar-refractivity contribution < 1.29 is 4.79 Å². The van der Waals surface area contributed by atoms with Gasteiger partial charge in [0.2, 0.25) is 5.91 Å². The first kappa shape index (κ1) is 15.1. The lowest BCUT2D eigenvalue weighted by atomic mass is 10.0. The lowest BCUT2D eigenvalue weighted by Crippen LogP contribution is -2.36. The van der Waals surface area contributed by atoms with E-state index in [4.69, 9.17) is 5.73 Å². The molecule has 21 heavy (non-hydrogen) atoms. The van der Waals surface area contributed by atoms with Crippen molar-refractivity contribution in [2.24, 2.45) is 11.7 Å². The Hall–Kier alpha value is -2.28. The van der Waals surface area contributed by atoms with E-state index in [9.17, 15) is 4.79 Å². The lowest BCUT2D eigenvalue weighted by Gasteiger charge is -2.15. The van der Waals surface area contributed by atoms with Gasteiger partial charge in [-0.1, -0.05) is 13.8 Å². The SMILES string of the molecule is Cc1cc(NC(=O)[C@@H](N)CC(C)C)ccc1-n1cnnn1. The summed E-state index contributed by atoms with van der Waals surface area (Å²) in [6.07, 6.45) is 2.19. The van der Waals surface area contributed by atoms with Gasteiger partial charge in [0.05, 0.1) is 11.7 Å². The molecule has 112 valence electrons. The van der Waals surface area contributed by atoms with Gasteiger partial charge in [-0.2, -0.15) is 0 Å². The molecule has 0 saturated heterocycles. The van der Waals surface area contributed by atoms with Gasteiger partial charge in [0.15, 0.2) is 0 Å². The second-order valence-electron chi connectivity index (χ2n) is 5.48. The molecule has 0 spiro atoms. The second-order valence-corrected chi connectivity index (χ2v) is 5.48. The van der Waals surface area contributed by atoms with Crippen LogP contribution in [0.1, 0.15) is 25.8 Å². The maximum atomic E-state index is 12.0. The highest BCUT2D eigenvalue weighted by Crippen LogP contribution is 2.18. The maximum Gasteiger partial charge on any atom is 0.241 e. The molecular weight excluding hydrogens is 268 g/mol. The van der Waals surface area contributed by atoms with Crippen molar-refractivity contribution >= 4 is 11.6 Å². The minimum Gasteiger partial charge on any atom is -0.325 e. The van der Waals surface area contributed by atoms with E-state index in [-0.39, 0.29) is 5.91 Å². The van der Waals surface area contributed by atoms with E-state index < -0.39 is 6.04 Å². The Bertz CT molecular complexity index is 608. The first-order valence-corrected chi connectivity index (χ1v) is 6.88. The number of benzene rings is 1. The van der Waals surface area contributed by atoms with Crippen LogP contribution in [0.25, 0.3) is 5.69 Å². The van der Waals surface area contributed by atoms with Crippen molar-refractivity contribution in [3.8, 4) is 5.69 Å². The molecule has 7 heteroatoms. The maximum absolute atomic E-state index is 12.0. The summed E-state index contributed by atoms with van der Waals surface area (Å²) in [7, 11) is 0. The summed E-state index contributed by atoms with van der Waals surface area (Å²) in [6, 6.07) is 5.04. The summed E-state index contributed by atoms with van der Waals surface area (Å²) in [6.45, 7) is 6.01. The van der Waals surface area contributed by atoms with Gasteiger partial charge in [-0.15, -0.1) is 5.10 Å². The number of nitrogens with one attached hydrogen (secondary N) is 1. The number of nitrogens with two attached hydrogens (primary N) is 1. The van der Waals surface area contributed by atoms with Crippen LogP contribution in [-0.2, 0) is 4.79 Å². The number of rotatable bonds is 5. The number of aromatic nitrogens is 4. The summed E-state index contributed by atoms with van der Waals surface area (Å²) >= 11 is 0. The fourth-order valence-corrected chi connectivity index (χ4v) is 2.11. The van der Waals surface area contributed by atoms with Gasteiger partial charge in [0.25, 0.3) is 0 Å². The van der Waals surface area contributed by atoms with Crippen LogP contribution >= 0.6 is 0 Å². The number of amides is 1. The fraction of sp³-hybridized carbons (Fsp3) is 0.429. The average molecular weight is 288 g/mol. The van der Waals surface area contributed by atoms with Crippen LogP contribution in [-0.4, -0.2) is 32.2 Å². The van der Waals surface area contributed by atoms with E-state index in [0.29, 0.717) is 18.0 Å². The van der Waals surface area contributed by atoms with Gasteiger partial charge in [0, 0.05) is 5.69 Å². The normalized spacial score (nSPS) is 12.4. The summed E-state index contributed by atoms with van der Waals surface area (Å²) < 4.78 is 1.57. The van der Waals surface area contributed by atoms with Crippen molar-refractivity contribution in [1.29, 1.82) is 0 Å². The number of carbonyl (C=O) groups is 1. The number of anilines is 1. The Morgan fingerprint density at radius 2 is 2.19 bits per heavy atom. The Morgan fingerprint density at radius 1 is 1.43 bits per heavy atom. The summed E-state index contributed by atoms with van der Waals surface area (Å²) in [5, 5.41) is 13.9. The van der Waals surface area contributed by atoms with Crippen molar-refractivity contribution in [2.75, 3.05) is 5.32 Å². The van der Waals surface area contributed by atoms with E-state index >= 15 is 0 Å². The number of carbonyl (C=O) groups excluding carboxylic acids is 1. The zero-order chi connectivity index (χ0) is 15.4. The Labute approximate surface area is 123 Å². The van der Waals surface area contributed by atoms with Crippen LogP contribution < -0.4 is 11.1 Å². The molecule has 0 saturated carbocycles. The third kappa shape index (κ3) is 3.85. The molecule has 3 N–H and O–H groups in total. The predicted octanol–water partition coefficient (Wildman–Crippen LogP) is 1.28. The number of tetrazole rings is 1. The third-order valence-electron chi connectivity index (χ3n) is 3.12. The van der Waals surface area contributed by atoms with Crippen molar-refractivity contribution in [3.05, 3.63) is 30.1 Å². The van der Waals surface area contributed by atoms with Crippen molar-refractivity contribution in [3.63, 3.8) is 0 Å². The Morgan fingerprint density at radius 3 is 2.76 bits per heavy atom. The van der Waals surface area contributed by atoms with Crippen LogP contribution in [0.2, 0.25) is 0 Å². The van der Waals surface area contributed by atoms with Crippen LogP contribution in [0, 0.1) is 12.8 Å². The van der Waals surface area contributed by atoms with E-state index in [2.05, 4.69) is 20.8 Å². The van der Waals surface area contributed by atoms with Crippen molar-refractivity contribution in [2.45, 2.75) is 33.2 Å². The Kier molecular flexibility index (Phi) is 4.64. The van der Waals surface area contributed by atoms with Crippen LogP contribution in [0.3, 0.4) is 0 Å². The highest BCUT2D eigenvalue weighted by molar-refractivity contribution is 5.94. The minimum absolute atomic E-state index is 0.168. The number of hydrogen-bond donors (Lipinski definition) is 2. The molecule has 7 nitrogen and oxygen atoms in total. The van der Waals surface area contributed by atoms with Gasteiger partial charge >= 0.3 is 0 Å². The minimum atomic E-state index is -0.496. The van der Waals surface area contributed by atoms with Gasteiger partial charge in [-0.3, -0.25) is 4.79 Å². The monoisotopic (exact) mass is 288 g/mol. The largest absolute Gasteiger partial charge is 0.325 e. The van der Waals surface area contributed by atoms with E-state index in [1.165, 1.54) is 6.33 Å². The zero-order valence-corrected chi connectivity index (χ0v) is 12.4. The molecule has 1 amide bonds. The number of nitrogens with zero attached hydrogens (tertiary/aromatic N) is 4. The summed E-state index contributed by atoms with van der Waals surface area (Å²) in [4.78, 5) is 12.0. The van der Waals surface area contributed by atoms with E-state index in [0.717, 1.165) is 11.3 Å². The molecule has 2 aromatic rings. The molecule has 0 bridgehead atoms. The Balaban J connectivity index is 2.09.